The number of methoxy groups -OCH3 is 1. The average Bonchev–Trinajstić information content (AvgIpc) is 4.39. The second kappa shape index (κ2) is 22.9. The lowest BCUT2D eigenvalue weighted by molar-refractivity contribution is -0.136. The summed E-state index contributed by atoms with van der Waals surface area (Å²) in [7, 11) is -7.39. The minimum absolute atomic E-state index is 0.234. The van der Waals surface area contributed by atoms with Crippen LogP contribution in [0.25, 0.3) is 66.2 Å². The number of unbranched alkanes of at least 4 members (excludes halogenated alkanes) is 1. The highest BCUT2D eigenvalue weighted by atomic mass is 32.2. The molecule has 400 valence electrons. The lowest BCUT2D eigenvalue weighted by atomic mass is 9.99. The van der Waals surface area contributed by atoms with Gasteiger partial charge in [0.15, 0.2) is 5.75 Å². The van der Waals surface area contributed by atoms with Crippen LogP contribution >= 0.6 is 23.1 Å². The van der Waals surface area contributed by atoms with Crippen LogP contribution < -0.4 is 19.3 Å². The largest absolute Gasteiger partial charge is 0.497 e. The molecule has 17 heteroatoms. The highest BCUT2D eigenvalue weighted by molar-refractivity contribution is 8.04. The standard InChI is InChI=1S/C35H33NO5S.C26H23NO6S3/c1-2-3-15-29-30-22-27(25-11-6-4-7-12-25)16-18-32(30)40-34(29)24-35-36(20-10-21-42(37,38)39)31-23-28(17-19-33(31)41-35)26-13-8-5-9-14-26;1-3-17-22(34-21-10-8-15-6-4-5-7-18(15)25(17)21)13-24-27(14-23(26(28)29)36(30,31)32)19-12-16(33-2)9-11-20(19)35-24/h4-9,11-14,16-19,22-24H,2-3,10,15,20-21H2,1H3,(H,37,38,39);4-13,23H,3,14H2,1-2H3,(H,28,29)(H,30,31,32)/b35-24-;24-13-. The fraction of sp³-hybridized carbons (Fsp3) is 0.197. The molecular formula is C61H56N2O11S4. The van der Waals surface area contributed by atoms with E-state index < -0.39 is 38.0 Å². The highest BCUT2D eigenvalue weighted by Crippen LogP contribution is 2.50. The first-order chi connectivity index (χ1) is 37.6. The van der Waals surface area contributed by atoms with Gasteiger partial charge in [-0.2, -0.15) is 16.8 Å². The number of hydrogen-bond acceptors (Lipinski definition) is 12. The maximum absolute atomic E-state index is 11.9. The number of carboxylic acids is 1. The molecule has 2 aliphatic heterocycles. The van der Waals surface area contributed by atoms with Gasteiger partial charge in [-0.15, -0.1) is 11.3 Å². The quantitative estimate of drug-likeness (QED) is 0.0732. The first-order valence-corrected chi connectivity index (χ1v) is 30.2. The van der Waals surface area contributed by atoms with Gasteiger partial charge in [-0.05, 0) is 113 Å². The van der Waals surface area contributed by atoms with Crippen LogP contribution in [0.4, 0.5) is 11.4 Å². The third-order valence-electron chi connectivity index (χ3n) is 13.8. The van der Waals surface area contributed by atoms with Crippen molar-refractivity contribution >= 4 is 105 Å². The lowest BCUT2D eigenvalue weighted by Gasteiger charge is -2.23. The molecule has 11 rings (SSSR count). The summed E-state index contributed by atoms with van der Waals surface area (Å²) in [6.07, 6.45) is 7.85. The van der Waals surface area contributed by atoms with Crippen molar-refractivity contribution in [3.8, 4) is 33.8 Å². The number of benzene rings is 7. The van der Waals surface area contributed by atoms with E-state index in [1.54, 1.807) is 28.4 Å². The Balaban J connectivity index is 0.000000179. The molecule has 0 saturated carbocycles. The average molecular weight is 1120 g/mol. The van der Waals surface area contributed by atoms with E-state index in [1.807, 2.05) is 89.8 Å². The van der Waals surface area contributed by atoms with Gasteiger partial charge in [0.1, 0.15) is 17.1 Å². The summed E-state index contributed by atoms with van der Waals surface area (Å²) in [5.74, 6) is 0.590. The highest BCUT2D eigenvalue weighted by Gasteiger charge is 2.38. The molecule has 3 N–H and O–H groups in total. The van der Waals surface area contributed by atoms with Gasteiger partial charge in [0.25, 0.3) is 20.2 Å². The van der Waals surface area contributed by atoms with E-state index in [-0.39, 0.29) is 12.2 Å². The summed E-state index contributed by atoms with van der Waals surface area (Å²) in [4.78, 5) is 17.2. The minimum atomic E-state index is -4.83. The second-order valence-corrected chi connectivity index (χ2v) is 24.2. The van der Waals surface area contributed by atoms with E-state index in [2.05, 4.69) is 80.6 Å². The van der Waals surface area contributed by atoms with Crippen molar-refractivity contribution in [3.05, 3.63) is 184 Å². The molecular weight excluding hydrogens is 1060 g/mol. The van der Waals surface area contributed by atoms with Gasteiger partial charge >= 0.3 is 5.97 Å². The number of carboxylic acid groups (broad SMARTS) is 1. The molecule has 0 bridgehead atoms. The molecule has 1 unspecified atom stereocenters. The number of fused-ring (bicyclic) bond motifs is 6. The first-order valence-electron chi connectivity index (χ1n) is 25.5. The Bertz CT molecular complexity index is 4000. The molecule has 1 atom stereocenters. The van der Waals surface area contributed by atoms with Crippen LogP contribution in [0.2, 0.25) is 0 Å². The third kappa shape index (κ3) is 11.6. The Morgan fingerprint density at radius 2 is 1.42 bits per heavy atom. The van der Waals surface area contributed by atoms with E-state index in [9.17, 15) is 35.8 Å². The molecule has 0 amide bonds. The molecule has 78 heavy (non-hydrogen) atoms. The van der Waals surface area contributed by atoms with Crippen molar-refractivity contribution in [1.29, 1.82) is 0 Å². The van der Waals surface area contributed by atoms with Gasteiger partial charge < -0.3 is 28.8 Å². The molecule has 0 fully saturated rings. The molecule has 2 aliphatic rings. The van der Waals surface area contributed by atoms with Crippen molar-refractivity contribution in [2.24, 2.45) is 0 Å². The smallest absolute Gasteiger partial charge is 0.326 e. The number of thioether (sulfide) groups is 1. The summed E-state index contributed by atoms with van der Waals surface area (Å²) in [6.45, 7) is 4.18. The fourth-order valence-corrected chi connectivity index (χ4v) is 13.5. The summed E-state index contributed by atoms with van der Waals surface area (Å²) >= 11 is 3.07. The molecule has 4 heterocycles. The Morgan fingerprint density at radius 1 is 0.718 bits per heavy atom. The lowest BCUT2D eigenvalue weighted by Crippen LogP contribution is -2.40. The first kappa shape index (κ1) is 54.0. The van der Waals surface area contributed by atoms with Crippen LogP contribution in [-0.2, 0) is 37.9 Å². The molecule has 13 nitrogen and oxygen atoms in total. The van der Waals surface area contributed by atoms with Gasteiger partial charge in [0.05, 0.1) is 35.8 Å². The molecule has 0 aliphatic carbocycles. The number of aryl methyl sites for hydroxylation is 2. The van der Waals surface area contributed by atoms with Crippen molar-refractivity contribution < 1.29 is 49.7 Å². The number of anilines is 2. The number of carbonyl (C=O) groups is 1. The fourth-order valence-electron chi connectivity index (χ4n) is 9.97. The normalized spacial score (nSPS) is 14.7. The monoisotopic (exact) mass is 1120 g/mol. The topological polar surface area (TPSA) is 184 Å². The predicted octanol–water partition coefficient (Wildman–Crippen LogP) is 14.5. The maximum Gasteiger partial charge on any atom is 0.326 e. The van der Waals surface area contributed by atoms with Gasteiger partial charge in [0, 0.05) is 49.5 Å². The van der Waals surface area contributed by atoms with Crippen LogP contribution in [0.3, 0.4) is 0 Å². The van der Waals surface area contributed by atoms with E-state index in [0.717, 1.165) is 95.8 Å². The van der Waals surface area contributed by atoms with E-state index >= 15 is 0 Å². The van der Waals surface area contributed by atoms with Crippen molar-refractivity contribution in [2.75, 3.05) is 35.8 Å². The zero-order valence-electron chi connectivity index (χ0n) is 43.0. The van der Waals surface area contributed by atoms with Crippen molar-refractivity contribution in [3.63, 3.8) is 0 Å². The number of hydrogen-bond donors (Lipinski definition) is 3. The molecule has 7 aromatic carbocycles. The van der Waals surface area contributed by atoms with Crippen LogP contribution in [0.5, 0.6) is 11.5 Å². The molecule has 2 aromatic heterocycles. The SMILES string of the molecule is CCCCc1c(/C=C2\Oc3ccc(-c4ccccc4)cc3N2CCCS(=O)(=O)O)oc2ccc(-c3ccccc3)cc12.CCc1c(/C=C2\Sc3ccc(OC)cc3N2CC(C(=O)O)S(=O)(=O)O)sc2ccc3ccccc3c12. The van der Waals surface area contributed by atoms with Crippen LogP contribution in [0.15, 0.2) is 172 Å². The third-order valence-corrected chi connectivity index (χ3v) is 18.0. The predicted molar refractivity (Wildman–Crippen MR) is 315 cm³/mol. The number of ether oxygens (including phenoxy) is 2. The number of furan rings is 1. The molecule has 0 saturated heterocycles. The van der Waals surface area contributed by atoms with Gasteiger partial charge in [0.2, 0.25) is 11.1 Å². The molecule has 0 radical (unpaired) electrons. The van der Waals surface area contributed by atoms with Crippen LogP contribution in [-0.4, -0.2) is 68.2 Å². The van der Waals surface area contributed by atoms with Gasteiger partial charge in [-0.3, -0.25) is 13.9 Å². The molecule has 0 spiro atoms. The number of nitrogens with zero attached hydrogens (tertiary/aromatic N) is 2. The molecule has 9 aromatic rings. The Morgan fingerprint density at radius 3 is 2.10 bits per heavy atom. The van der Waals surface area contributed by atoms with Crippen LogP contribution in [0, 0.1) is 0 Å². The maximum atomic E-state index is 11.9. The van der Waals surface area contributed by atoms with Crippen molar-refractivity contribution in [2.45, 2.75) is 56.1 Å². The van der Waals surface area contributed by atoms with Crippen LogP contribution in [0.1, 0.15) is 54.9 Å². The zero-order chi connectivity index (χ0) is 54.7. The summed E-state index contributed by atoms with van der Waals surface area (Å²) < 4.78 is 85.1. The van der Waals surface area contributed by atoms with E-state index in [1.165, 1.54) is 35.2 Å². The summed E-state index contributed by atoms with van der Waals surface area (Å²) in [5.41, 5.74) is 8.97. The van der Waals surface area contributed by atoms with Gasteiger partial charge in [-0.1, -0.05) is 135 Å². The van der Waals surface area contributed by atoms with Gasteiger partial charge in [-0.25, -0.2) is 0 Å². The summed E-state index contributed by atoms with van der Waals surface area (Å²) in [5, 5.41) is 12.8. The van der Waals surface area contributed by atoms with Crippen molar-refractivity contribution in [1.82, 2.24) is 0 Å². The zero-order valence-corrected chi connectivity index (χ0v) is 46.2. The second-order valence-electron chi connectivity index (χ2n) is 18.9. The Labute approximate surface area is 461 Å². The Kier molecular flexibility index (Phi) is 15.9. The summed E-state index contributed by atoms with van der Waals surface area (Å²) in [6, 6.07) is 50.6. The van der Waals surface area contributed by atoms with E-state index in [0.29, 0.717) is 34.6 Å². The number of thiophene rings is 1. The minimum Gasteiger partial charge on any atom is -0.497 e. The van der Waals surface area contributed by atoms with E-state index in [4.69, 9.17) is 13.9 Å². The number of rotatable bonds is 17. The number of aliphatic carboxylic acids is 1. The Hall–Kier alpha value is -7.38.